The molecule has 19 heavy (non-hydrogen) atoms. The predicted octanol–water partition coefficient (Wildman–Crippen LogP) is 3.33. The predicted molar refractivity (Wildman–Crippen MR) is 83.1 cm³/mol. The minimum Gasteiger partial charge on any atom is -0.496 e. The highest BCUT2D eigenvalue weighted by Gasteiger charge is 2.15. The van der Waals surface area contributed by atoms with E-state index in [1.54, 1.807) is 25.3 Å². The first-order valence-electron chi connectivity index (χ1n) is 6.40. The molecule has 0 aromatic heterocycles. The van der Waals surface area contributed by atoms with Crippen LogP contribution >= 0.6 is 27.7 Å². The highest BCUT2D eigenvalue weighted by Crippen LogP contribution is 2.26. The van der Waals surface area contributed by atoms with Crippen LogP contribution in [0.3, 0.4) is 0 Å². The molecule has 0 radical (unpaired) electrons. The number of halogens is 1. The monoisotopic (exact) mass is 343 g/mol. The van der Waals surface area contributed by atoms with Gasteiger partial charge in [-0.15, -0.1) is 0 Å². The van der Waals surface area contributed by atoms with Crippen molar-refractivity contribution in [3.8, 4) is 5.75 Å². The van der Waals surface area contributed by atoms with Crippen molar-refractivity contribution >= 4 is 33.6 Å². The van der Waals surface area contributed by atoms with Gasteiger partial charge in [0.1, 0.15) is 5.75 Å². The summed E-state index contributed by atoms with van der Waals surface area (Å²) in [6.07, 6.45) is 2.41. The molecule has 1 aromatic rings. The maximum atomic E-state index is 12.1. The fraction of sp³-hybridized carbons (Fsp3) is 0.500. The van der Waals surface area contributed by atoms with Crippen LogP contribution < -0.4 is 10.1 Å². The summed E-state index contributed by atoms with van der Waals surface area (Å²) in [5.74, 6) is 3.79. The van der Waals surface area contributed by atoms with Gasteiger partial charge in [-0.25, -0.2) is 0 Å². The highest BCUT2D eigenvalue weighted by atomic mass is 79.9. The number of benzene rings is 1. The van der Waals surface area contributed by atoms with E-state index >= 15 is 0 Å². The van der Waals surface area contributed by atoms with E-state index in [0.717, 1.165) is 16.8 Å². The molecular formula is C14H18BrNO2S. The van der Waals surface area contributed by atoms with Crippen molar-refractivity contribution < 1.29 is 9.53 Å². The van der Waals surface area contributed by atoms with Crippen LogP contribution in [0, 0.1) is 5.92 Å². The number of carbonyl (C=O) groups excluding carboxylic acids is 1. The Morgan fingerprint density at radius 1 is 1.47 bits per heavy atom. The summed E-state index contributed by atoms with van der Waals surface area (Å²) in [4.78, 5) is 12.1. The molecule has 1 fully saturated rings. The molecule has 1 aliphatic rings. The summed E-state index contributed by atoms with van der Waals surface area (Å²) in [7, 11) is 1.61. The summed E-state index contributed by atoms with van der Waals surface area (Å²) < 4.78 is 5.96. The average Bonchev–Trinajstić information content (AvgIpc) is 2.45. The van der Waals surface area contributed by atoms with Crippen LogP contribution in [0.1, 0.15) is 23.2 Å². The first-order chi connectivity index (χ1) is 9.20. The van der Waals surface area contributed by atoms with E-state index in [2.05, 4.69) is 21.2 Å². The summed E-state index contributed by atoms with van der Waals surface area (Å²) in [5, 5.41) is 3.02. The Bertz CT molecular complexity index is 447. The lowest BCUT2D eigenvalue weighted by Crippen LogP contribution is -2.30. The second-order valence-electron chi connectivity index (χ2n) is 4.62. The molecule has 5 heteroatoms. The Hall–Kier alpha value is -0.680. The number of hydrogen-bond donors (Lipinski definition) is 1. The smallest absolute Gasteiger partial charge is 0.251 e. The first-order valence-corrected chi connectivity index (χ1v) is 8.35. The van der Waals surface area contributed by atoms with Gasteiger partial charge in [-0.3, -0.25) is 4.79 Å². The lowest BCUT2D eigenvalue weighted by molar-refractivity contribution is 0.0946. The Kier molecular flexibility index (Phi) is 5.58. The van der Waals surface area contributed by atoms with Gasteiger partial charge < -0.3 is 10.1 Å². The van der Waals surface area contributed by atoms with Gasteiger partial charge in [0.2, 0.25) is 0 Å². The fourth-order valence-electron chi connectivity index (χ4n) is 2.10. The summed E-state index contributed by atoms with van der Waals surface area (Å²) in [6.45, 7) is 0.781. The third kappa shape index (κ3) is 4.14. The maximum absolute atomic E-state index is 12.1. The number of ether oxygens (including phenoxy) is 1. The van der Waals surface area contributed by atoms with Crippen LogP contribution in [-0.4, -0.2) is 31.1 Å². The lowest BCUT2D eigenvalue weighted by atomic mass is 10.0. The first kappa shape index (κ1) is 14.7. The van der Waals surface area contributed by atoms with Gasteiger partial charge in [0.05, 0.1) is 11.6 Å². The Morgan fingerprint density at radius 3 is 2.84 bits per heavy atom. The van der Waals surface area contributed by atoms with E-state index in [1.807, 2.05) is 11.8 Å². The van der Waals surface area contributed by atoms with Crippen molar-refractivity contribution in [2.75, 3.05) is 25.2 Å². The molecule has 3 nitrogen and oxygen atoms in total. The van der Waals surface area contributed by atoms with E-state index in [-0.39, 0.29) is 5.91 Å². The molecule has 1 heterocycles. The third-order valence-corrected chi connectivity index (χ3v) is 4.97. The molecule has 1 aliphatic heterocycles. The van der Waals surface area contributed by atoms with E-state index in [4.69, 9.17) is 4.74 Å². The summed E-state index contributed by atoms with van der Waals surface area (Å²) in [6, 6.07) is 5.39. The molecule has 0 atom stereocenters. The van der Waals surface area contributed by atoms with Gasteiger partial charge in [-0.2, -0.15) is 11.8 Å². The molecular weight excluding hydrogens is 326 g/mol. The molecule has 1 N–H and O–H groups in total. The van der Waals surface area contributed by atoms with Gasteiger partial charge in [0.25, 0.3) is 5.91 Å². The minimum absolute atomic E-state index is 0.0124. The van der Waals surface area contributed by atoms with Crippen LogP contribution in [0.4, 0.5) is 0 Å². The topological polar surface area (TPSA) is 38.3 Å². The van der Waals surface area contributed by atoms with Crippen molar-refractivity contribution in [3.63, 3.8) is 0 Å². The second kappa shape index (κ2) is 7.20. The second-order valence-corrected chi connectivity index (χ2v) is 6.69. The van der Waals surface area contributed by atoms with Gasteiger partial charge in [-0.1, -0.05) is 0 Å². The van der Waals surface area contributed by atoms with Gasteiger partial charge in [0.15, 0.2) is 0 Å². The SMILES string of the molecule is COc1ccc(C(=O)NCC2CCSCC2)cc1Br. The molecule has 2 rings (SSSR count). The maximum Gasteiger partial charge on any atom is 0.251 e. The van der Waals surface area contributed by atoms with Crippen LogP contribution in [0.2, 0.25) is 0 Å². The Morgan fingerprint density at radius 2 is 2.21 bits per heavy atom. The van der Waals surface area contributed by atoms with Gasteiger partial charge in [-0.05, 0) is 64.4 Å². The zero-order valence-electron chi connectivity index (χ0n) is 10.9. The average molecular weight is 344 g/mol. The quantitative estimate of drug-likeness (QED) is 0.911. The van der Waals surface area contributed by atoms with E-state index in [1.165, 1.54) is 24.3 Å². The van der Waals surface area contributed by atoms with Crippen molar-refractivity contribution in [2.45, 2.75) is 12.8 Å². The number of carbonyl (C=O) groups is 1. The lowest BCUT2D eigenvalue weighted by Gasteiger charge is -2.21. The van der Waals surface area contributed by atoms with E-state index < -0.39 is 0 Å². The summed E-state index contributed by atoms with van der Waals surface area (Å²) in [5.41, 5.74) is 0.665. The molecule has 104 valence electrons. The largest absolute Gasteiger partial charge is 0.496 e. The molecule has 1 saturated heterocycles. The van der Waals surface area contributed by atoms with E-state index in [9.17, 15) is 4.79 Å². The van der Waals surface area contributed by atoms with Crippen molar-refractivity contribution in [3.05, 3.63) is 28.2 Å². The van der Waals surface area contributed by atoms with Crippen LogP contribution in [0.15, 0.2) is 22.7 Å². The van der Waals surface area contributed by atoms with Crippen LogP contribution in [-0.2, 0) is 0 Å². The molecule has 0 aliphatic carbocycles. The van der Waals surface area contributed by atoms with E-state index in [0.29, 0.717) is 11.5 Å². The zero-order valence-corrected chi connectivity index (χ0v) is 13.4. The number of hydrogen-bond acceptors (Lipinski definition) is 3. The van der Waals surface area contributed by atoms with Gasteiger partial charge in [0, 0.05) is 12.1 Å². The minimum atomic E-state index is -0.0124. The third-order valence-electron chi connectivity index (χ3n) is 3.31. The van der Waals surface area contributed by atoms with Crippen molar-refractivity contribution in [1.82, 2.24) is 5.32 Å². The molecule has 1 amide bonds. The number of thioether (sulfide) groups is 1. The number of rotatable bonds is 4. The Balaban J connectivity index is 1.90. The molecule has 0 spiro atoms. The van der Waals surface area contributed by atoms with Crippen molar-refractivity contribution in [2.24, 2.45) is 5.92 Å². The molecule has 0 unspecified atom stereocenters. The normalized spacial score (nSPS) is 16.1. The fourth-order valence-corrected chi connectivity index (χ4v) is 3.84. The zero-order chi connectivity index (χ0) is 13.7. The Labute approximate surface area is 126 Å². The highest BCUT2D eigenvalue weighted by molar-refractivity contribution is 9.10. The van der Waals surface area contributed by atoms with Gasteiger partial charge >= 0.3 is 0 Å². The van der Waals surface area contributed by atoms with Crippen LogP contribution in [0.25, 0.3) is 0 Å². The standard InChI is InChI=1S/C14H18BrNO2S/c1-18-13-3-2-11(8-12(13)15)14(17)16-9-10-4-6-19-7-5-10/h2-3,8,10H,4-7,9H2,1H3,(H,16,17). The number of amides is 1. The molecule has 0 bridgehead atoms. The molecule has 0 saturated carbocycles. The number of methoxy groups -OCH3 is 1. The van der Waals surface area contributed by atoms with Crippen molar-refractivity contribution in [1.29, 1.82) is 0 Å². The summed E-state index contributed by atoms with van der Waals surface area (Å²) >= 11 is 5.40. The van der Waals surface area contributed by atoms with Crippen LogP contribution in [0.5, 0.6) is 5.75 Å². The molecule has 1 aromatic carbocycles. The number of nitrogens with one attached hydrogen (secondary N) is 1.